The predicted molar refractivity (Wildman–Crippen MR) is 159 cm³/mol. The van der Waals surface area contributed by atoms with E-state index in [1.54, 1.807) is 48.5 Å². The second-order valence-electron chi connectivity index (χ2n) is 9.10. The maximum atomic E-state index is 13.5. The van der Waals surface area contributed by atoms with Gasteiger partial charge in [-0.3, -0.25) is 29.0 Å². The predicted octanol–water partition coefficient (Wildman–Crippen LogP) is 3.68. The molecule has 5 rings (SSSR count). The lowest BCUT2D eigenvalue weighted by Crippen LogP contribution is -2.40. The van der Waals surface area contributed by atoms with E-state index < -0.39 is 21.3 Å². The summed E-state index contributed by atoms with van der Waals surface area (Å²) in [4.78, 5) is 31.1. The van der Waals surface area contributed by atoms with Crippen molar-refractivity contribution in [2.75, 3.05) is 4.72 Å². The summed E-state index contributed by atoms with van der Waals surface area (Å²) in [7, 11) is -4.02. The first-order chi connectivity index (χ1) is 18.7. The third kappa shape index (κ3) is 5.33. The Morgan fingerprint density at radius 2 is 1.73 bits per heavy atom. The molecule has 3 aromatic carbocycles. The van der Waals surface area contributed by atoms with E-state index in [0.29, 0.717) is 40.5 Å². The molecule has 2 heterocycles. The molecule has 0 bridgehead atoms. The summed E-state index contributed by atoms with van der Waals surface area (Å²) in [5.41, 5.74) is 6.69. The number of anilines is 1. The SMILES string of the molecule is CCCn1c(=O)n(Cc2ccc(C(=N)N)cc2)c(=O)c2ccc(NS(=O)(=O)c3cccc4cccnc34)cc21.Cl. The zero-order valence-corrected chi connectivity index (χ0v) is 23.1. The van der Waals surface area contributed by atoms with Crippen LogP contribution in [0.15, 0.2) is 93.5 Å². The molecule has 0 aliphatic carbocycles. The van der Waals surface area contributed by atoms with Crippen molar-refractivity contribution in [3.05, 3.63) is 111 Å². The van der Waals surface area contributed by atoms with E-state index in [0.717, 1.165) is 4.57 Å². The number of nitrogen functional groups attached to an aromatic ring is 1. The van der Waals surface area contributed by atoms with Crippen LogP contribution < -0.4 is 21.7 Å². The standard InChI is InChI=1S/C28H26N6O4S.ClH/c1-2-15-33-23-16-21(32-39(37,38)24-7-3-5-19-6-4-14-31-25(19)24)12-13-22(23)27(35)34(28(33)36)17-18-8-10-20(11-9-18)26(29)30;/h3-14,16,32H,2,15,17H2,1H3,(H3,29,30);1H. The van der Waals surface area contributed by atoms with Crippen molar-refractivity contribution in [3.8, 4) is 0 Å². The Labute approximate surface area is 236 Å². The number of pyridine rings is 1. The molecule has 0 saturated heterocycles. The minimum atomic E-state index is -4.02. The van der Waals surface area contributed by atoms with Gasteiger partial charge in [0.15, 0.2) is 0 Å². The largest absolute Gasteiger partial charge is 0.384 e. The van der Waals surface area contributed by atoms with Crippen molar-refractivity contribution in [1.29, 1.82) is 5.41 Å². The lowest BCUT2D eigenvalue weighted by Gasteiger charge is -2.16. The highest BCUT2D eigenvalue weighted by atomic mass is 35.5. The molecule has 0 unspecified atom stereocenters. The fourth-order valence-corrected chi connectivity index (χ4v) is 5.76. The van der Waals surface area contributed by atoms with Crippen LogP contribution in [0, 0.1) is 5.41 Å². The van der Waals surface area contributed by atoms with Crippen LogP contribution in [-0.4, -0.2) is 28.4 Å². The number of rotatable bonds is 8. The summed E-state index contributed by atoms with van der Waals surface area (Å²) in [6.07, 6.45) is 2.15. The van der Waals surface area contributed by atoms with Gasteiger partial charge in [0.1, 0.15) is 10.7 Å². The van der Waals surface area contributed by atoms with Gasteiger partial charge in [-0.25, -0.2) is 13.2 Å². The first kappa shape index (κ1) is 28.5. The minimum absolute atomic E-state index is 0. The van der Waals surface area contributed by atoms with E-state index in [4.69, 9.17) is 11.1 Å². The van der Waals surface area contributed by atoms with E-state index in [2.05, 4.69) is 9.71 Å². The van der Waals surface area contributed by atoms with E-state index >= 15 is 0 Å². The normalized spacial score (nSPS) is 11.3. The number of fused-ring (bicyclic) bond motifs is 2. The number of nitrogens with two attached hydrogens (primary N) is 1. The molecule has 0 amide bonds. The van der Waals surface area contributed by atoms with Crippen LogP contribution in [-0.2, 0) is 23.1 Å². The van der Waals surface area contributed by atoms with Crippen molar-refractivity contribution in [2.24, 2.45) is 5.73 Å². The Bertz CT molecular complexity index is 1960. The van der Waals surface area contributed by atoms with Gasteiger partial charge in [0.05, 0.1) is 28.7 Å². The number of amidine groups is 1. The first-order valence-electron chi connectivity index (χ1n) is 12.3. The van der Waals surface area contributed by atoms with Gasteiger partial charge in [0.25, 0.3) is 15.6 Å². The molecular weight excluding hydrogens is 552 g/mol. The highest BCUT2D eigenvalue weighted by Crippen LogP contribution is 2.24. The maximum absolute atomic E-state index is 13.5. The van der Waals surface area contributed by atoms with E-state index in [-0.39, 0.29) is 40.8 Å². The number of para-hydroxylation sites is 1. The highest BCUT2D eigenvalue weighted by molar-refractivity contribution is 7.93. The van der Waals surface area contributed by atoms with E-state index in [9.17, 15) is 18.0 Å². The molecule has 12 heteroatoms. The smallest absolute Gasteiger partial charge is 0.331 e. The van der Waals surface area contributed by atoms with Gasteiger partial charge in [0, 0.05) is 23.7 Å². The summed E-state index contributed by atoms with van der Waals surface area (Å²) in [5.74, 6) is -0.0714. The van der Waals surface area contributed by atoms with Gasteiger partial charge in [-0.05, 0) is 42.3 Å². The zero-order valence-electron chi connectivity index (χ0n) is 21.5. The highest BCUT2D eigenvalue weighted by Gasteiger charge is 2.20. The molecule has 0 radical (unpaired) electrons. The Morgan fingerprint density at radius 1 is 1.00 bits per heavy atom. The molecule has 5 aromatic rings. The number of aromatic nitrogens is 3. The summed E-state index contributed by atoms with van der Waals surface area (Å²) < 4.78 is 31.8. The number of nitrogens with one attached hydrogen (secondary N) is 2. The van der Waals surface area contributed by atoms with Crippen molar-refractivity contribution in [3.63, 3.8) is 0 Å². The van der Waals surface area contributed by atoms with Crippen LogP contribution >= 0.6 is 12.4 Å². The van der Waals surface area contributed by atoms with Gasteiger partial charge in [-0.1, -0.05) is 49.4 Å². The van der Waals surface area contributed by atoms with Crippen LogP contribution in [0.3, 0.4) is 0 Å². The Balaban J connectivity index is 0.00000370. The molecule has 206 valence electrons. The van der Waals surface area contributed by atoms with Crippen molar-refractivity contribution in [2.45, 2.75) is 31.3 Å². The Hall–Kier alpha value is -4.48. The molecular formula is C28H27ClN6O4S. The van der Waals surface area contributed by atoms with Gasteiger partial charge in [-0.2, -0.15) is 0 Å². The number of hydrogen-bond donors (Lipinski definition) is 3. The number of halogens is 1. The molecule has 0 aliphatic rings. The first-order valence-corrected chi connectivity index (χ1v) is 13.7. The van der Waals surface area contributed by atoms with Crippen LogP contribution in [0.2, 0.25) is 0 Å². The average Bonchev–Trinajstić information content (AvgIpc) is 2.93. The molecule has 0 fully saturated rings. The number of hydrogen-bond acceptors (Lipinski definition) is 6. The zero-order chi connectivity index (χ0) is 27.7. The number of nitrogens with zero attached hydrogens (tertiary/aromatic N) is 3. The number of benzene rings is 3. The monoisotopic (exact) mass is 578 g/mol. The quantitative estimate of drug-likeness (QED) is 0.189. The summed E-state index contributed by atoms with van der Waals surface area (Å²) >= 11 is 0. The molecule has 4 N–H and O–H groups in total. The second-order valence-corrected chi connectivity index (χ2v) is 10.8. The Morgan fingerprint density at radius 3 is 2.42 bits per heavy atom. The van der Waals surface area contributed by atoms with Crippen molar-refractivity contribution >= 4 is 55.8 Å². The van der Waals surface area contributed by atoms with Crippen molar-refractivity contribution < 1.29 is 8.42 Å². The van der Waals surface area contributed by atoms with E-state index in [1.165, 1.54) is 35.0 Å². The minimum Gasteiger partial charge on any atom is -0.384 e. The molecule has 2 aromatic heterocycles. The lowest BCUT2D eigenvalue weighted by atomic mass is 10.1. The molecule has 0 spiro atoms. The summed E-state index contributed by atoms with van der Waals surface area (Å²) in [6.45, 7) is 2.29. The molecule has 0 aliphatic heterocycles. The van der Waals surface area contributed by atoms with Gasteiger partial charge >= 0.3 is 5.69 Å². The van der Waals surface area contributed by atoms with Crippen LogP contribution in [0.1, 0.15) is 24.5 Å². The van der Waals surface area contributed by atoms with Crippen LogP contribution in [0.5, 0.6) is 0 Å². The van der Waals surface area contributed by atoms with Gasteiger partial charge < -0.3 is 5.73 Å². The molecule has 40 heavy (non-hydrogen) atoms. The van der Waals surface area contributed by atoms with Crippen LogP contribution in [0.25, 0.3) is 21.8 Å². The fourth-order valence-electron chi connectivity index (χ4n) is 4.53. The fraction of sp³-hybridized carbons (Fsp3) is 0.143. The number of aryl methyl sites for hydroxylation is 1. The van der Waals surface area contributed by atoms with Crippen molar-refractivity contribution in [1.82, 2.24) is 14.1 Å². The van der Waals surface area contributed by atoms with Gasteiger partial charge in [-0.15, -0.1) is 12.4 Å². The average molecular weight is 579 g/mol. The second kappa shape index (κ2) is 11.3. The van der Waals surface area contributed by atoms with Gasteiger partial charge in [0.2, 0.25) is 0 Å². The molecule has 0 saturated carbocycles. The summed E-state index contributed by atoms with van der Waals surface area (Å²) in [5, 5.41) is 8.52. The maximum Gasteiger partial charge on any atom is 0.331 e. The lowest BCUT2D eigenvalue weighted by molar-refractivity contribution is 0.593. The van der Waals surface area contributed by atoms with E-state index in [1.807, 2.05) is 6.92 Å². The Kier molecular flexibility index (Phi) is 8.08. The number of sulfonamides is 1. The molecule has 0 atom stereocenters. The molecule has 10 nitrogen and oxygen atoms in total. The topological polar surface area (TPSA) is 153 Å². The van der Waals surface area contributed by atoms with Crippen LogP contribution in [0.4, 0.5) is 5.69 Å². The third-order valence-corrected chi connectivity index (χ3v) is 7.83. The summed E-state index contributed by atoms with van der Waals surface area (Å²) in [6, 6.07) is 19.7. The third-order valence-electron chi connectivity index (χ3n) is 6.42.